The first kappa shape index (κ1) is 451. The van der Waals surface area contributed by atoms with Crippen molar-refractivity contribution in [1.82, 2.24) is 0 Å². The summed E-state index contributed by atoms with van der Waals surface area (Å²) in [5.74, 6) is 0. The van der Waals surface area contributed by atoms with E-state index in [-0.39, 0.29) is 63.3 Å². The van der Waals surface area contributed by atoms with Crippen LogP contribution in [0.3, 0.4) is 0 Å². The molecular formula is H2AlO5V-5. The fourth-order valence-electron chi connectivity index (χ4n) is 0. The van der Waals surface area contributed by atoms with Crippen LogP contribution < -0.4 is 0 Å². The Hall–Kier alpha value is 0.917. The molecule has 2 N–H and O–H groups in total. The Morgan fingerprint density at radius 2 is 0.571 bits per heavy atom. The van der Waals surface area contributed by atoms with E-state index in [1.807, 2.05) is 0 Å². The van der Waals surface area contributed by atoms with E-state index in [1.165, 1.54) is 0 Å². The Morgan fingerprint density at radius 1 is 0.571 bits per heavy atom. The van der Waals surface area contributed by atoms with Gasteiger partial charge in [0.25, 0.3) is 0 Å². The standard InChI is InChI=1S/Al.H2O.4O.V/h;1H2;;;;;/q+3;;4*-2;. The molecule has 0 spiro atoms. The summed E-state index contributed by atoms with van der Waals surface area (Å²) in [6.45, 7) is 0. The molecule has 0 amide bonds. The normalized spacial score (nSPS) is 0. The van der Waals surface area contributed by atoms with Crippen molar-refractivity contribution in [3.63, 3.8) is 0 Å². The van der Waals surface area contributed by atoms with Crippen molar-refractivity contribution in [3.05, 3.63) is 0 Å². The van der Waals surface area contributed by atoms with Crippen molar-refractivity contribution in [1.29, 1.82) is 0 Å². The molecule has 1 radical (unpaired) electrons. The van der Waals surface area contributed by atoms with Crippen LogP contribution in [0.4, 0.5) is 0 Å². The van der Waals surface area contributed by atoms with Crippen molar-refractivity contribution >= 4 is 17.4 Å². The smallest absolute Gasteiger partial charge is 2.00 e. The van der Waals surface area contributed by atoms with E-state index < -0.39 is 0 Å². The third-order valence-corrected chi connectivity index (χ3v) is 0. The SMILES string of the molecule is O.[Al+3].[O-2].[O-2].[O-2].[O-2].[V]. The first-order valence-corrected chi connectivity index (χ1v) is 0. The molecule has 0 saturated heterocycles. The summed E-state index contributed by atoms with van der Waals surface area (Å²) < 4.78 is 0. The average molecular weight is 160 g/mol. The van der Waals surface area contributed by atoms with Crippen molar-refractivity contribution in [3.8, 4) is 0 Å². The van der Waals surface area contributed by atoms with Gasteiger partial charge in [-0.05, 0) is 0 Å². The van der Waals surface area contributed by atoms with E-state index in [4.69, 9.17) is 0 Å². The molecule has 0 aromatic carbocycles. The zero-order valence-corrected chi connectivity index (χ0v) is 5.71. The summed E-state index contributed by atoms with van der Waals surface area (Å²) in [6, 6.07) is 0. The molecule has 5 nitrogen and oxygen atoms in total. The second-order valence-electron chi connectivity index (χ2n) is 0. The van der Waals surface area contributed by atoms with Crippen molar-refractivity contribution in [2.45, 2.75) is 0 Å². The third-order valence-electron chi connectivity index (χ3n) is 0. The topological polar surface area (TPSA) is 146 Å². The predicted octanol–water partition coefficient (Wildman–Crippen LogP) is -1.68. The Labute approximate surface area is 63.7 Å². The van der Waals surface area contributed by atoms with Gasteiger partial charge in [-0.25, -0.2) is 0 Å². The van der Waals surface area contributed by atoms with Crippen molar-refractivity contribution in [2.24, 2.45) is 0 Å². The third kappa shape index (κ3) is 199. The molecular weight excluding hydrogens is 158 g/mol. The molecule has 0 aromatic heterocycles. The fraction of sp³-hybridized carbons (Fsp3) is 0. The molecule has 7 heteroatoms. The summed E-state index contributed by atoms with van der Waals surface area (Å²) in [7, 11) is 0. The molecule has 0 fully saturated rings. The van der Waals surface area contributed by atoms with Crippen molar-refractivity contribution < 1.29 is 45.9 Å². The van der Waals surface area contributed by atoms with E-state index >= 15 is 0 Å². The minimum atomic E-state index is 0. The number of hydrogen-bond donors (Lipinski definition) is 0. The Bertz CT molecular complexity index is 8.04. The van der Waals surface area contributed by atoms with Gasteiger partial charge in [0.05, 0.1) is 0 Å². The second-order valence-corrected chi connectivity index (χ2v) is 0. The van der Waals surface area contributed by atoms with Crippen LogP contribution in [0.2, 0.25) is 0 Å². The molecule has 0 saturated carbocycles. The molecule has 0 aliphatic carbocycles. The van der Waals surface area contributed by atoms with Gasteiger partial charge < -0.3 is 27.4 Å². The first-order valence-electron chi connectivity index (χ1n) is 0. The van der Waals surface area contributed by atoms with Gasteiger partial charge in [0.2, 0.25) is 0 Å². The number of hydrogen-bond acceptors (Lipinski definition) is 0. The summed E-state index contributed by atoms with van der Waals surface area (Å²) in [6.07, 6.45) is 0. The molecule has 7 heavy (non-hydrogen) atoms. The van der Waals surface area contributed by atoms with Gasteiger partial charge in [0, 0.05) is 18.6 Å². The second kappa shape index (κ2) is 288. The molecule has 0 aliphatic rings. The van der Waals surface area contributed by atoms with Crippen LogP contribution in [0.5, 0.6) is 0 Å². The van der Waals surface area contributed by atoms with Crippen LogP contribution in [0.1, 0.15) is 0 Å². The van der Waals surface area contributed by atoms with E-state index in [0.29, 0.717) is 0 Å². The molecule has 0 aromatic rings. The Morgan fingerprint density at radius 3 is 0.571 bits per heavy atom. The van der Waals surface area contributed by atoms with Gasteiger partial charge in [0.1, 0.15) is 0 Å². The summed E-state index contributed by atoms with van der Waals surface area (Å²) in [4.78, 5) is 0. The summed E-state index contributed by atoms with van der Waals surface area (Å²) in [5, 5.41) is 0. The fourth-order valence-corrected chi connectivity index (χ4v) is 0. The van der Waals surface area contributed by atoms with Crippen LogP contribution in [0.15, 0.2) is 0 Å². The largest absolute Gasteiger partial charge is 3.00 e. The molecule has 0 unspecified atom stereocenters. The Kier molecular flexibility index (Phi) is 18500. The Balaban J connectivity index is 0. The minimum Gasteiger partial charge on any atom is -2.00 e. The van der Waals surface area contributed by atoms with Crippen molar-refractivity contribution in [2.75, 3.05) is 0 Å². The maximum absolute atomic E-state index is 0. The molecule has 0 aliphatic heterocycles. The van der Waals surface area contributed by atoms with Gasteiger partial charge in [-0.2, -0.15) is 0 Å². The maximum atomic E-state index is 0. The monoisotopic (exact) mass is 160 g/mol. The molecule has 0 atom stereocenters. The number of rotatable bonds is 0. The first-order chi connectivity index (χ1) is 0. The molecule has 0 bridgehead atoms. The van der Waals surface area contributed by atoms with Crippen LogP contribution in [-0.2, 0) is 40.5 Å². The average Bonchev–Trinajstić information content (AvgIpc) is 0. The van der Waals surface area contributed by atoms with Crippen LogP contribution in [0.25, 0.3) is 0 Å². The zero-order chi connectivity index (χ0) is 0. The maximum Gasteiger partial charge on any atom is 3.00 e. The van der Waals surface area contributed by atoms with E-state index in [1.54, 1.807) is 0 Å². The van der Waals surface area contributed by atoms with Gasteiger partial charge in [-0.1, -0.05) is 0 Å². The van der Waals surface area contributed by atoms with Gasteiger partial charge in [-0.15, -0.1) is 0 Å². The quantitative estimate of drug-likeness (QED) is 0.372. The molecule has 0 rings (SSSR count). The van der Waals surface area contributed by atoms with Gasteiger partial charge in [0.15, 0.2) is 0 Å². The van der Waals surface area contributed by atoms with Crippen LogP contribution in [0, 0.1) is 0 Å². The zero-order valence-electron chi connectivity index (χ0n) is 3.16. The van der Waals surface area contributed by atoms with E-state index in [9.17, 15) is 0 Å². The minimum absolute atomic E-state index is 0. The van der Waals surface area contributed by atoms with E-state index in [0.717, 1.165) is 0 Å². The molecule has 0 heterocycles. The van der Waals surface area contributed by atoms with Gasteiger partial charge >= 0.3 is 17.4 Å². The van der Waals surface area contributed by atoms with Gasteiger partial charge in [-0.3, -0.25) is 0 Å². The van der Waals surface area contributed by atoms with Crippen LogP contribution in [-0.4, -0.2) is 22.8 Å². The summed E-state index contributed by atoms with van der Waals surface area (Å²) in [5.41, 5.74) is 0. The van der Waals surface area contributed by atoms with E-state index in [2.05, 4.69) is 0 Å². The van der Waals surface area contributed by atoms with Crippen LogP contribution >= 0.6 is 0 Å². The molecule has 45 valence electrons. The predicted molar refractivity (Wildman–Crippen MR) is 12.1 cm³/mol. The summed E-state index contributed by atoms with van der Waals surface area (Å²) >= 11 is 0.